The molecule has 0 spiro atoms. The lowest BCUT2D eigenvalue weighted by Gasteiger charge is -2.13. The molecule has 0 aromatic heterocycles. The number of hydrogen-bond acceptors (Lipinski definition) is 4. The van der Waals surface area contributed by atoms with Crippen LogP contribution in [0.2, 0.25) is 0 Å². The van der Waals surface area contributed by atoms with Crippen molar-refractivity contribution < 1.29 is 18.7 Å². The van der Waals surface area contributed by atoms with Gasteiger partial charge in [-0.1, -0.05) is 18.3 Å². The summed E-state index contributed by atoms with van der Waals surface area (Å²) < 4.78 is 23.6. The summed E-state index contributed by atoms with van der Waals surface area (Å²) in [6, 6.07) is 4.21. The van der Waals surface area contributed by atoms with E-state index in [9.17, 15) is 9.18 Å². The molecule has 1 saturated heterocycles. The molecule has 2 rings (SSSR count). The molecule has 0 radical (unpaired) electrons. The summed E-state index contributed by atoms with van der Waals surface area (Å²) in [6.07, 6.45) is -0.281. The number of carbonyl (C=O) groups excluding carboxylic acids is 1. The van der Waals surface area contributed by atoms with Crippen LogP contribution >= 0.6 is 12.2 Å². The number of rotatable bonds is 3. The van der Waals surface area contributed by atoms with E-state index in [2.05, 4.69) is 0 Å². The number of hydrogen-bond donors (Lipinski definition) is 1. The van der Waals surface area contributed by atoms with E-state index in [1.54, 1.807) is 0 Å². The molecule has 1 fully saturated rings. The smallest absolute Gasteiger partial charge is 0.347 e. The van der Waals surface area contributed by atoms with Crippen molar-refractivity contribution in [3.8, 4) is 5.75 Å². The highest BCUT2D eigenvalue weighted by Gasteiger charge is 2.29. The van der Waals surface area contributed by atoms with Crippen molar-refractivity contribution in [2.45, 2.75) is 12.5 Å². The van der Waals surface area contributed by atoms with E-state index in [0.717, 1.165) is 0 Å². The van der Waals surface area contributed by atoms with Crippen LogP contribution in [0.5, 0.6) is 5.75 Å². The number of halogens is 1. The van der Waals surface area contributed by atoms with E-state index in [-0.39, 0.29) is 16.3 Å². The number of thiocarbonyl (C=S) groups is 1. The fourth-order valence-electron chi connectivity index (χ4n) is 1.58. The topological polar surface area (TPSA) is 61.6 Å². The molecule has 1 aliphatic heterocycles. The van der Waals surface area contributed by atoms with Gasteiger partial charge in [0.05, 0.1) is 12.2 Å². The Morgan fingerprint density at radius 1 is 1.59 bits per heavy atom. The molecule has 4 nitrogen and oxygen atoms in total. The van der Waals surface area contributed by atoms with Crippen LogP contribution in [0, 0.1) is 5.82 Å². The number of cyclic esters (lactones) is 1. The lowest BCUT2D eigenvalue weighted by molar-refractivity contribution is -0.143. The van der Waals surface area contributed by atoms with Crippen molar-refractivity contribution in [3.63, 3.8) is 0 Å². The van der Waals surface area contributed by atoms with Gasteiger partial charge in [0.25, 0.3) is 0 Å². The minimum Gasteiger partial charge on any atom is -0.478 e. The molecule has 1 aromatic carbocycles. The van der Waals surface area contributed by atoms with Crippen LogP contribution in [0.15, 0.2) is 18.2 Å². The second kappa shape index (κ2) is 4.67. The van der Waals surface area contributed by atoms with E-state index in [1.165, 1.54) is 18.2 Å². The first kappa shape index (κ1) is 11.8. The van der Waals surface area contributed by atoms with E-state index >= 15 is 0 Å². The molecule has 1 atom stereocenters. The van der Waals surface area contributed by atoms with Gasteiger partial charge in [-0.05, 0) is 12.1 Å². The Balaban J connectivity index is 2.29. The van der Waals surface area contributed by atoms with Crippen LogP contribution in [-0.4, -0.2) is 23.7 Å². The van der Waals surface area contributed by atoms with Crippen molar-refractivity contribution in [1.29, 1.82) is 0 Å². The van der Waals surface area contributed by atoms with Gasteiger partial charge in [-0.15, -0.1) is 0 Å². The molecule has 0 amide bonds. The summed E-state index contributed by atoms with van der Waals surface area (Å²) >= 11 is 4.75. The molecule has 17 heavy (non-hydrogen) atoms. The number of carbonyl (C=O) groups is 1. The Kier molecular flexibility index (Phi) is 3.23. The summed E-state index contributed by atoms with van der Waals surface area (Å²) in [5.74, 6) is -0.856. The van der Waals surface area contributed by atoms with Crippen LogP contribution in [-0.2, 0) is 9.53 Å². The first-order valence-electron chi connectivity index (χ1n) is 5.01. The zero-order valence-electron chi connectivity index (χ0n) is 8.81. The molecule has 1 aromatic rings. The predicted octanol–water partition coefficient (Wildman–Crippen LogP) is 1.15. The lowest BCUT2D eigenvalue weighted by Crippen LogP contribution is -2.24. The standard InChI is InChI=1S/C11H10FNO3S/c12-6-2-1-3-7(9(6)10(13)17)16-8-4-5-15-11(8)14/h1-3,8H,4-5H2,(H2,13,17). The van der Waals surface area contributed by atoms with Crippen molar-refractivity contribution in [1.82, 2.24) is 0 Å². The van der Waals surface area contributed by atoms with Crippen LogP contribution in [0.3, 0.4) is 0 Å². The Bertz CT molecular complexity index is 478. The van der Waals surface area contributed by atoms with Crippen LogP contribution < -0.4 is 10.5 Å². The maximum absolute atomic E-state index is 13.5. The SMILES string of the molecule is NC(=S)c1c(F)cccc1OC1CCOC1=O. The maximum Gasteiger partial charge on any atom is 0.347 e. The Hall–Kier alpha value is -1.69. The fourth-order valence-corrected chi connectivity index (χ4v) is 1.78. The molecular formula is C11H10FNO3S. The Labute approximate surface area is 103 Å². The summed E-state index contributed by atoms with van der Waals surface area (Å²) in [7, 11) is 0. The molecule has 1 unspecified atom stereocenters. The van der Waals surface area contributed by atoms with Crippen molar-refractivity contribution in [2.24, 2.45) is 5.73 Å². The molecule has 6 heteroatoms. The molecule has 0 bridgehead atoms. The minimum atomic E-state index is -0.718. The van der Waals surface area contributed by atoms with Crippen molar-refractivity contribution in [2.75, 3.05) is 6.61 Å². The number of nitrogens with two attached hydrogens (primary N) is 1. The Morgan fingerprint density at radius 3 is 2.94 bits per heavy atom. The average Bonchev–Trinajstić information content (AvgIpc) is 2.64. The third kappa shape index (κ3) is 2.36. The monoisotopic (exact) mass is 255 g/mol. The number of ether oxygens (including phenoxy) is 2. The first-order chi connectivity index (χ1) is 8.09. The van der Waals surface area contributed by atoms with Gasteiger partial charge in [-0.2, -0.15) is 0 Å². The third-order valence-corrected chi connectivity index (χ3v) is 2.58. The van der Waals surface area contributed by atoms with Crippen molar-refractivity contribution in [3.05, 3.63) is 29.6 Å². The van der Waals surface area contributed by atoms with E-state index in [4.69, 9.17) is 27.4 Å². The Morgan fingerprint density at radius 2 is 2.35 bits per heavy atom. The zero-order chi connectivity index (χ0) is 12.4. The zero-order valence-corrected chi connectivity index (χ0v) is 9.63. The minimum absolute atomic E-state index is 0.0159. The van der Waals surface area contributed by atoms with E-state index < -0.39 is 17.9 Å². The molecule has 2 N–H and O–H groups in total. The second-order valence-corrected chi connectivity index (χ2v) is 3.98. The highest BCUT2D eigenvalue weighted by Crippen LogP contribution is 2.24. The van der Waals surface area contributed by atoms with Gasteiger partial charge in [-0.3, -0.25) is 0 Å². The van der Waals surface area contributed by atoms with Gasteiger partial charge in [0.15, 0.2) is 6.10 Å². The first-order valence-corrected chi connectivity index (χ1v) is 5.42. The second-order valence-electron chi connectivity index (χ2n) is 3.54. The molecular weight excluding hydrogens is 245 g/mol. The van der Waals surface area contributed by atoms with Gasteiger partial charge >= 0.3 is 5.97 Å². The van der Waals surface area contributed by atoms with E-state index in [0.29, 0.717) is 13.0 Å². The van der Waals surface area contributed by atoms with Crippen LogP contribution in [0.4, 0.5) is 4.39 Å². The lowest BCUT2D eigenvalue weighted by atomic mass is 10.2. The van der Waals surface area contributed by atoms with Gasteiger partial charge in [0, 0.05) is 6.42 Å². The van der Waals surface area contributed by atoms with Gasteiger partial charge < -0.3 is 15.2 Å². The van der Waals surface area contributed by atoms with Gasteiger partial charge in [0.2, 0.25) is 0 Å². The van der Waals surface area contributed by atoms with Crippen molar-refractivity contribution >= 4 is 23.2 Å². The highest BCUT2D eigenvalue weighted by atomic mass is 32.1. The molecule has 1 heterocycles. The number of esters is 1. The molecule has 0 aliphatic carbocycles. The van der Waals surface area contributed by atoms with E-state index in [1.807, 2.05) is 0 Å². The maximum atomic E-state index is 13.5. The normalized spacial score (nSPS) is 18.9. The molecule has 0 saturated carbocycles. The van der Waals surface area contributed by atoms with Gasteiger partial charge in [0.1, 0.15) is 16.6 Å². The highest BCUT2D eigenvalue weighted by molar-refractivity contribution is 7.80. The third-order valence-electron chi connectivity index (χ3n) is 2.38. The van der Waals surface area contributed by atoms with Gasteiger partial charge in [-0.25, -0.2) is 9.18 Å². The quantitative estimate of drug-likeness (QED) is 0.648. The van der Waals surface area contributed by atoms with Crippen LogP contribution in [0.1, 0.15) is 12.0 Å². The summed E-state index contributed by atoms with van der Waals surface area (Å²) in [5, 5.41) is 0. The molecule has 1 aliphatic rings. The summed E-state index contributed by atoms with van der Waals surface area (Å²) in [5.41, 5.74) is 5.44. The fraction of sp³-hybridized carbons (Fsp3) is 0.273. The summed E-state index contributed by atoms with van der Waals surface area (Å²) in [4.78, 5) is 11.1. The van der Waals surface area contributed by atoms with Crippen LogP contribution in [0.25, 0.3) is 0 Å². The summed E-state index contributed by atoms with van der Waals surface area (Å²) in [6.45, 7) is 0.307. The number of benzene rings is 1. The average molecular weight is 255 g/mol. The molecule has 90 valence electrons. The largest absolute Gasteiger partial charge is 0.478 e. The predicted molar refractivity (Wildman–Crippen MR) is 62.3 cm³/mol.